The van der Waals surface area contributed by atoms with Crippen LogP contribution in [0.5, 0.6) is 0 Å². The number of hydrogen-bond donors (Lipinski definition) is 2. The Balaban J connectivity index is 1.45. The molecule has 2 aromatic rings. The number of amides is 2. The summed E-state index contributed by atoms with van der Waals surface area (Å²) >= 11 is 0. The monoisotopic (exact) mass is 398 g/mol. The first-order valence-corrected chi connectivity index (χ1v) is 9.93. The third kappa shape index (κ3) is 8.59. The second kappa shape index (κ2) is 12.3. The molecule has 0 fully saturated rings. The van der Waals surface area contributed by atoms with Gasteiger partial charge < -0.3 is 9.13 Å². The third-order valence-corrected chi connectivity index (χ3v) is 4.55. The van der Waals surface area contributed by atoms with E-state index in [1.54, 1.807) is 12.4 Å². The van der Waals surface area contributed by atoms with Crippen LogP contribution < -0.4 is 10.9 Å². The number of carbonyl (C=O) groups excluding carboxylic acids is 2. The van der Waals surface area contributed by atoms with Crippen molar-refractivity contribution in [2.75, 3.05) is 0 Å². The van der Waals surface area contributed by atoms with Gasteiger partial charge >= 0.3 is 0 Å². The first kappa shape index (κ1) is 22.1. The maximum Gasteiger partial charge on any atom is 0.240 e. The van der Waals surface area contributed by atoms with Crippen LogP contribution in [0, 0.1) is 0 Å². The Labute approximate surface area is 171 Å². The molecule has 2 heterocycles. The summed E-state index contributed by atoms with van der Waals surface area (Å²) < 4.78 is 3.84. The Morgan fingerprint density at radius 2 is 1.21 bits per heavy atom. The molecule has 156 valence electrons. The third-order valence-electron chi connectivity index (χ3n) is 4.55. The average molecular weight is 399 g/mol. The smallest absolute Gasteiger partial charge is 0.240 e. The van der Waals surface area contributed by atoms with E-state index < -0.39 is 0 Å². The van der Waals surface area contributed by atoms with Crippen molar-refractivity contribution in [2.24, 2.45) is 24.3 Å². The van der Waals surface area contributed by atoms with Gasteiger partial charge in [-0.15, -0.1) is 0 Å². The molecule has 2 amide bonds. The van der Waals surface area contributed by atoms with Crippen LogP contribution in [0.2, 0.25) is 0 Å². The quantitative estimate of drug-likeness (QED) is 0.327. The van der Waals surface area contributed by atoms with Crippen molar-refractivity contribution in [2.45, 2.75) is 44.9 Å². The highest BCUT2D eigenvalue weighted by Gasteiger charge is 2.02. The summed E-state index contributed by atoms with van der Waals surface area (Å²) in [5.74, 6) is -0.156. The lowest BCUT2D eigenvalue weighted by Gasteiger charge is -2.02. The number of rotatable bonds is 12. The summed E-state index contributed by atoms with van der Waals surface area (Å²) in [4.78, 5) is 23.5. The molecule has 2 rings (SSSR count). The van der Waals surface area contributed by atoms with E-state index in [2.05, 4.69) is 21.1 Å². The van der Waals surface area contributed by atoms with Crippen molar-refractivity contribution in [1.29, 1.82) is 0 Å². The fourth-order valence-corrected chi connectivity index (χ4v) is 2.77. The highest BCUT2D eigenvalue weighted by atomic mass is 16.2. The molecule has 0 spiro atoms. The van der Waals surface area contributed by atoms with E-state index >= 15 is 0 Å². The van der Waals surface area contributed by atoms with E-state index in [0.717, 1.165) is 43.5 Å². The minimum absolute atomic E-state index is 0.0779. The summed E-state index contributed by atoms with van der Waals surface area (Å²) in [6, 6.07) is 7.69. The van der Waals surface area contributed by atoms with Crippen LogP contribution >= 0.6 is 0 Å². The number of nitrogens with one attached hydrogen (secondary N) is 2. The van der Waals surface area contributed by atoms with E-state index in [4.69, 9.17) is 0 Å². The van der Waals surface area contributed by atoms with Crippen LogP contribution in [-0.4, -0.2) is 33.4 Å². The zero-order valence-electron chi connectivity index (χ0n) is 17.2. The molecular formula is C21H30N6O2. The fraction of sp³-hybridized carbons (Fsp3) is 0.429. The first-order chi connectivity index (χ1) is 14.1. The van der Waals surface area contributed by atoms with Gasteiger partial charge in [-0.05, 0) is 37.1 Å². The molecule has 0 saturated heterocycles. The Morgan fingerprint density at radius 1 is 0.793 bits per heavy atom. The molecule has 0 unspecified atom stereocenters. The molecular weight excluding hydrogens is 368 g/mol. The van der Waals surface area contributed by atoms with Gasteiger partial charge in [-0.2, -0.15) is 10.2 Å². The van der Waals surface area contributed by atoms with Gasteiger partial charge in [-0.3, -0.25) is 9.59 Å². The van der Waals surface area contributed by atoms with E-state index in [-0.39, 0.29) is 11.8 Å². The van der Waals surface area contributed by atoms with Crippen LogP contribution in [-0.2, 0) is 23.7 Å². The van der Waals surface area contributed by atoms with Crippen LogP contribution in [0.25, 0.3) is 0 Å². The fourth-order valence-electron chi connectivity index (χ4n) is 2.77. The van der Waals surface area contributed by atoms with Crippen molar-refractivity contribution in [3.63, 3.8) is 0 Å². The van der Waals surface area contributed by atoms with Gasteiger partial charge in [-0.25, -0.2) is 10.9 Å². The van der Waals surface area contributed by atoms with Gasteiger partial charge in [0.15, 0.2) is 0 Å². The summed E-state index contributed by atoms with van der Waals surface area (Å²) in [7, 11) is 3.84. The van der Waals surface area contributed by atoms with Crippen LogP contribution in [0.1, 0.15) is 56.3 Å². The van der Waals surface area contributed by atoms with Gasteiger partial charge in [0.05, 0.1) is 23.8 Å². The second-order valence-corrected chi connectivity index (χ2v) is 6.94. The van der Waals surface area contributed by atoms with Crippen molar-refractivity contribution in [3.05, 3.63) is 48.0 Å². The molecule has 8 heteroatoms. The standard InChI is InChI=1S/C21H30N6O2/c1-26-14-8-10-18(26)16-22-24-20(28)12-6-4-3-5-7-13-21(29)25-23-17-19-11-9-15-27(19)2/h8-11,14-17H,3-7,12-13H2,1-2H3,(H,24,28)(H,25,29)/b22-16-,23-17-. The largest absolute Gasteiger partial charge is 0.350 e. The summed E-state index contributed by atoms with van der Waals surface area (Å²) in [5, 5.41) is 7.93. The normalized spacial score (nSPS) is 11.4. The highest BCUT2D eigenvalue weighted by Crippen LogP contribution is 2.07. The molecule has 29 heavy (non-hydrogen) atoms. The molecule has 0 atom stereocenters. The summed E-state index contributed by atoms with van der Waals surface area (Å²) in [6.45, 7) is 0. The number of hydrazone groups is 2. The molecule has 0 radical (unpaired) electrons. The van der Waals surface area contributed by atoms with E-state index in [0.29, 0.717) is 12.8 Å². The number of unbranched alkanes of at least 4 members (excludes halogenated alkanes) is 4. The van der Waals surface area contributed by atoms with Crippen molar-refractivity contribution in [3.8, 4) is 0 Å². The predicted octanol–water partition coefficient (Wildman–Crippen LogP) is 2.69. The molecule has 0 saturated carbocycles. The Morgan fingerprint density at radius 3 is 1.59 bits per heavy atom. The average Bonchev–Trinajstić information content (AvgIpc) is 3.29. The summed E-state index contributed by atoms with van der Waals surface area (Å²) in [6.07, 6.45) is 12.6. The Bertz CT molecular complexity index is 766. The van der Waals surface area contributed by atoms with Gasteiger partial charge in [0.25, 0.3) is 0 Å². The Kier molecular flexibility index (Phi) is 9.41. The first-order valence-electron chi connectivity index (χ1n) is 9.93. The minimum Gasteiger partial charge on any atom is -0.350 e. The predicted molar refractivity (Wildman–Crippen MR) is 115 cm³/mol. The maximum absolute atomic E-state index is 11.7. The molecule has 0 aliphatic carbocycles. The van der Waals surface area contributed by atoms with Crippen LogP contribution in [0.4, 0.5) is 0 Å². The van der Waals surface area contributed by atoms with Crippen molar-refractivity contribution in [1.82, 2.24) is 20.0 Å². The second-order valence-electron chi connectivity index (χ2n) is 6.94. The van der Waals surface area contributed by atoms with Crippen LogP contribution in [0.15, 0.2) is 46.9 Å². The lowest BCUT2D eigenvalue weighted by molar-refractivity contribution is -0.121. The maximum atomic E-state index is 11.7. The minimum atomic E-state index is -0.0779. The Hall–Kier alpha value is -3.16. The molecule has 2 N–H and O–H groups in total. The van der Waals surface area contributed by atoms with Gasteiger partial charge in [0.1, 0.15) is 0 Å². The molecule has 0 aromatic carbocycles. The van der Waals surface area contributed by atoms with E-state index in [9.17, 15) is 9.59 Å². The number of nitrogens with zero attached hydrogens (tertiary/aromatic N) is 4. The van der Waals surface area contributed by atoms with Crippen molar-refractivity contribution < 1.29 is 9.59 Å². The van der Waals surface area contributed by atoms with Crippen LogP contribution in [0.3, 0.4) is 0 Å². The topological polar surface area (TPSA) is 92.8 Å². The zero-order chi connectivity index (χ0) is 20.9. The van der Waals surface area contributed by atoms with E-state index in [1.165, 1.54) is 0 Å². The van der Waals surface area contributed by atoms with Gasteiger partial charge in [0, 0.05) is 39.3 Å². The number of hydrogen-bond acceptors (Lipinski definition) is 4. The lowest BCUT2D eigenvalue weighted by Crippen LogP contribution is -2.17. The molecule has 0 bridgehead atoms. The molecule has 0 aliphatic rings. The van der Waals surface area contributed by atoms with E-state index in [1.807, 2.05) is 59.9 Å². The van der Waals surface area contributed by atoms with Gasteiger partial charge in [-0.1, -0.05) is 19.3 Å². The number of aryl methyl sites for hydroxylation is 2. The number of carbonyl (C=O) groups is 2. The SMILES string of the molecule is Cn1cccc1/C=N\NC(=O)CCCCCCCC(=O)N/N=C\c1cccn1C. The molecule has 2 aromatic heterocycles. The molecule has 0 aliphatic heterocycles. The zero-order valence-corrected chi connectivity index (χ0v) is 17.2. The number of aromatic nitrogens is 2. The van der Waals surface area contributed by atoms with Gasteiger partial charge in [0.2, 0.25) is 11.8 Å². The molecule has 8 nitrogen and oxygen atoms in total. The van der Waals surface area contributed by atoms with Crippen molar-refractivity contribution >= 4 is 24.2 Å². The lowest BCUT2D eigenvalue weighted by atomic mass is 10.1. The summed E-state index contributed by atoms with van der Waals surface area (Å²) in [5.41, 5.74) is 6.96. The highest BCUT2D eigenvalue weighted by molar-refractivity contribution is 5.81.